The maximum absolute atomic E-state index is 9.76. The quantitative estimate of drug-likeness (QED) is 0.651. The van der Waals surface area contributed by atoms with Crippen LogP contribution in [-0.4, -0.2) is 28.5 Å². The maximum atomic E-state index is 9.76. The summed E-state index contributed by atoms with van der Waals surface area (Å²) in [6, 6.07) is 7.30. The molecule has 20 heavy (non-hydrogen) atoms. The van der Waals surface area contributed by atoms with Crippen LogP contribution in [-0.2, 0) is 6.42 Å². The first kappa shape index (κ1) is 17.0. The lowest BCUT2D eigenvalue weighted by molar-refractivity contribution is 0.169. The van der Waals surface area contributed by atoms with Gasteiger partial charge in [-0.2, -0.15) is 0 Å². The first-order valence-electron chi connectivity index (χ1n) is 7.57. The third-order valence-electron chi connectivity index (χ3n) is 4.12. The monoisotopic (exact) mass is 280 g/mol. The number of aromatic hydroxyl groups is 1. The number of rotatable bonds is 9. The Morgan fingerprint density at radius 2 is 1.70 bits per heavy atom. The lowest BCUT2D eigenvalue weighted by Crippen LogP contribution is -2.15. The number of aliphatic hydroxyl groups is 2. The molecule has 3 heteroatoms. The SMILES string of the molecule is CC(C)C(CO)CCCC(CO)Cc1ccccc1O. The number of hydrogen-bond donors (Lipinski definition) is 3. The van der Waals surface area contributed by atoms with Gasteiger partial charge in [0.05, 0.1) is 0 Å². The van der Waals surface area contributed by atoms with Gasteiger partial charge in [0, 0.05) is 13.2 Å². The molecular formula is C17H28O3. The molecule has 0 saturated carbocycles. The smallest absolute Gasteiger partial charge is 0.118 e. The molecule has 2 unspecified atom stereocenters. The van der Waals surface area contributed by atoms with Crippen molar-refractivity contribution in [3.8, 4) is 5.75 Å². The molecule has 1 rings (SSSR count). The summed E-state index contributed by atoms with van der Waals surface area (Å²) in [4.78, 5) is 0. The van der Waals surface area contributed by atoms with Crippen LogP contribution in [0, 0.1) is 17.8 Å². The number of benzene rings is 1. The van der Waals surface area contributed by atoms with Gasteiger partial charge in [0.2, 0.25) is 0 Å². The van der Waals surface area contributed by atoms with Crippen LogP contribution in [0.2, 0.25) is 0 Å². The molecule has 3 N–H and O–H groups in total. The molecule has 0 bridgehead atoms. The summed E-state index contributed by atoms with van der Waals surface area (Å²) < 4.78 is 0. The lowest BCUT2D eigenvalue weighted by atomic mass is 9.88. The highest BCUT2D eigenvalue weighted by atomic mass is 16.3. The van der Waals surface area contributed by atoms with Gasteiger partial charge < -0.3 is 15.3 Å². The number of aliphatic hydroxyl groups excluding tert-OH is 2. The Kier molecular flexibility index (Phi) is 7.63. The summed E-state index contributed by atoms with van der Waals surface area (Å²) in [5.74, 6) is 1.32. The summed E-state index contributed by atoms with van der Waals surface area (Å²) >= 11 is 0. The molecule has 0 fully saturated rings. The van der Waals surface area contributed by atoms with E-state index in [0.717, 1.165) is 24.8 Å². The summed E-state index contributed by atoms with van der Waals surface area (Å²) in [6.07, 6.45) is 3.62. The van der Waals surface area contributed by atoms with Crippen molar-refractivity contribution in [3.63, 3.8) is 0 Å². The van der Waals surface area contributed by atoms with E-state index in [0.29, 0.717) is 24.0 Å². The van der Waals surface area contributed by atoms with Crippen molar-refractivity contribution in [1.29, 1.82) is 0 Å². The molecule has 0 aliphatic rings. The number of phenols is 1. The molecule has 2 atom stereocenters. The Bertz CT molecular complexity index is 376. The van der Waals surface area contributed by atoms with Crippen LogP contribution < -0.4 is 0 Å². The van der Waals surface area contributed by atoms with E-state index in [2.05, 4.69) is 13.8 Å². The Balaban J connectivity index is 2.42. The molecule has 0 aliphatic heterocycles. The Morgan fingerprint density at radius 1 is 1.00 bits per heavy atom. The second kappa shape index (κ2) is 8.98. The first-order chi connectivity index (χ1) is 9.58. The third-order valence-corrected chi connectivity index (χ3v) is 4.12. The topological polar surface area (TPSA) is 60.7 Å². The summed E-state index contributed by atoms with van der Waals surface area (Å²) in [5, 5.41) is 28.6. The molecule has 0 spiro atoms. The van der Waals surface area contributed by atoms with Gasteiger partial charge in [-0.25, -0.2) is 0 Å². The van der Waals surface area contributed by atoms with Crippen LogP contribution in [0.4, 0.5) is 0 Å². The predicted octanol–water partition coefficient (Wildman–Crippen LogP) is 2.98. The molecular weight excluding hydrogens is 252 g/mol. The maximum Gasteiger partial charge on any atom is 0.118 e. The van der Waals surface area contributed by atoms with E-state index in [9.17, 15) is 15.3 Å². The predicted molar refractivity (Wildman–Crippen MR) is 81.7 cm³/mol. The molecule has 0 saturated heterocycles. The van der Waals surface area contributed by atoms with Crippen LogP contribution in [0.25, 0.3) is 0 Å². The second-order valence-corrected chi connectivity index (χ2v) is 6.00. The van der Waals surface area contributed by atoms with Crippen molar-refractivity contribution in [2.24, 2.45) is 17.8 Å². The van der Waals surface area contributed by atoms with Gasteiger partial charge in [-0.05, 0) is 48.6 Å². The number of hydrogen-bond acceptors (Lipinski definition) is 3. The largest absolute Gasteiger partial charge is 0.508 e. The van der Waals surface area contributed by atoms with Gasteiger partial charge in [0.15, 0.2) is 0 Å². The Hall–Kier alpha value is -1.06. The van der Waals surface area contributed by atoms with Crippen molar-refractivity contribution < 1.29 is 15.3 Å². The summed E-state index contributed by atoms with van der Waals surface area (Å²) in [6.45, 7) is 4.64. The second-order valence-electron chi connectivity index (χ2n) is 6.00. The van der Waals surface area contributed by atoms with Gasteiger partial charge >= 0.3 is 0 Å². The summed E-state index contributed by atoms with van der Waals surface area (Å²) in [5.41, 5.74) is 0.897. The van der Waals surface area contributed by atoms with Crippen LogP contribution in [0.15, 0.2) is 24.3 Å². The van der Waals surface area contributed by atoms with Crippen molar-refractivity contribution >= 4 is 0 Å². The van der Waals surface area contributed by atoms with Gasteiger partial charge in [-0.15, -0.1) is 0 Å². The standard InChI is InChI=1S/C17H28O3/c1-13(2)16(12-19)8-5-6-14(11-18)10-15-7-3-4-9-17(15)20/h3-4,7,9,13-14,16,18-20H,5-6,8,10-12H2,1-2H3. The van der Waals surface area contributed by atoms with E-state index in [4.69, 9.17) is 0 Å². The van der Waals surface area contributed by atoms with E-state index in [1.54, 1.807) is 12.1 Å². The number of phenolic OH excluding ortho intramolecular Hbond substituents is 1. The lowest BCUT2D eigenvalue weighted by Gasteiger charge is -2.20. The fraction of sp³-hybridized carbons (Fsp3) is 0.647. The minimum Gasteiger partial charge on any atom is -0.508 e. The molecule has 0 heterocycles. The third kappa shape index (κ3) is 5.51. The van der Waals surface area contributed by atoms with Gasteiger partial charge in [0.25, 0.3) is 0 Å². The first-order valence-corrected chi connectivity index (χ1v) is 7.57. The molecule has 114 valence electrons. The van der Waals surface area contributed by atoms with Crippen molar-refractivity contribution in [3.05, 3.63) is 29.8 Å². The molecule has 0 amide bonds. The van der Waals surface area contributed by atoms with E-state index in [1.807, 2.05) is 12.1 Å². The average molecular weight is 280 g/mol. The van der Waals surface area contributed by atoms with E-state index in [1.165, 1.54) is 0 Å². The van der Waals surface area contributed by atoms with E-state index in [-0.39, 0.29) is 19.1 Å². The zero-order chi connectivity index (χ0) is 15.0. The van der Waals surface area contributed by atoms with Gasteiger partial charge in [-0.3, -0.25) is 0 Å². The van der Waals surface area contributed by atoms with E-state index < -0.39 is 0 Å². The number of para-hydroxylation sites is 1. The zero-order valence-electron chi connectivity index (χ0n) is 12.6. The minimum atomic E-state index is 0.139. The highest BCUT2D eigenvalue weighted by molar-refractivity contribution is 5.32. The average Bonchev–Trinajstić information content (AvgIpc) is 2.43. The normalized spacial score (nSPS) is 14.4. The molecule has 3 nitrogen and oxygen atoms in total. The van der Waals surface area contributed by atoms with E-state index >= 15 is 0 Å². The Labute approximate surface area is 122 Å². The van der Waals surface area contributed by atoms with Gasteiger partial charge in [-0.1, -0.05) is 38.5 Å². The summed E-state index contributed by atoms with van der Waals surface area (Å²) in [7, 11) is 0. The molecule has 1 aromatic rings. The van der Waals surface area contributed by atoms with Crippen LogP contribution in [0.5, 0.6) is 5.75 Å². The van der Waals surface area contributed by atoms with Gasteiger partial charge in [0.1, 0.15) is 5.75 Å². The minimum absolute atomic E-state index is 0.139. The highest BCUT2D eigenvalue weighted by Crippen LogP contribution is 2.24. The molecule has 0 aliphatic carbocycles. The fourth-order valence-corrected chi connectivity index (χ4v) is 2.56. The van der Waals surface area contributed by atoms with Crippen molar-refractivity contribution in [2.75, 3.05) is 13.2 Å². The fourth-order valence-electron chi connectivity index (χ4n) is 2.56. The molecule has 1 aromatic carbocycles. The molecule has 0 radical (unpaired) electrons. The van der Waals surface area contributed by atoms with Crippen LogP contribution in [0.3, 0.4) is 0 Å². The molecule has 0 aromatic heterocycles. The van der Waals surface area contributed by atoms with Crippen LogP contribution in [0.1, 0.15) is 38.7 Å². The zero-order valence-corrected chi connectivity index (χ0v) is 12.6. The highest BCUT2D eigenvalue weighted by Gasteiger charge is 2.15. The van der Waals surface area contributed by atoms with Crippen LogP contribution >= 0.6 is 0 Å². The Morgan fingerprint density at radius 3 is 2.25 bits per heavy atom. The van der Waals surface area contributed by atoms with Crippen molar-refractivity contribution in [1.82, 2.24) is 0 Å². The van der Waals surface area contributed by atoms with Crippen molar-refractivity contribution in [2.45, 2.75) is 39.5 Å².